The molecule has 0 unspecified atom stereocenters. The molecule has 0 aromatic carbocycles. The third-order valence-corrected chi connectivity index (χ3v) is 2.53. The highest BCUT2D eigenvalue weighted by atomic mass is 16.5. The maximum atomic E-state index is 4.97. The molecular formula is C12H17N5O. The molecule has 0 atom stereocenters. The van der Waals surface area contributed by atoms with Crippen LogP contribution in [0.4, 0.5) is 5.95 Å². The molecule has 0 aliphatic rings. The second-order valence-electron chi connectivity index (χ2n) is 3.99. The Hall–Kier alpha value is -1.95. The predicted octanol–water partition coefficient (Wildman–Crippen LogP) is 1.24. The third-order valence-electron chi connectivity index (χ3n) is 2.53. The molecule has 0 aliphatic heterocycles. The van der Waals surface area contributed by atoms with Gasteiger partial charge in [-0.15, -0.1) is 0 Å². The fraction of sp³-hybridized carbons (Fsp3) is 0.417. The molecular weight excluding hydrogens is 230 g/mol. The summed E-state index contributed by atoms with van der Waals surface area (Å²) in [5.41, 5.74) is 2.85. The van der Waals surface area contributed by atoms with E-state index in [9.17, 15) is 0 Å². The number of hydrogen-bond acceptors (Lipinski definition) is 5. The lowest BCUT2D eigenvalue weighted by molar-refractivity contribution is 0.210. The minimum absolute atomic E-state index is 0.604. The molecule has 0 spiro atoms. The van der Waals surface area contributed by atoms with Crippen LogP contribution in [0.5, 0.6) is 0 Å². The summed E-state index contributed by atoms with van der Waals surface area (Å²) >= 11 is 0. The minimum atomic E-state index is 0.604. The van der Waals surface area contributed by atoms with Gasteiger partial charge in [0.05, 0.1) is 18.0 Å². The number of anilines is 1. The van der Waals surface area contributed by atoms with Crippen LogP contribution in [-0.2, 0) is 11.8 Å². The van der Waals surface area contributed by atoms with Crippen molar-refractivity contribution in [3.05, 3.63) is 24.2 Å². The first-order valence-corrected chi connectivity index (χ1v) is 5.77. The lowest BCUT2D eigenvalue weighted by Gasteiger charge is -2.05. The summed E-state index contributed by atoms with van der Waals surface area (Å²) in [6, 6.07) is 1.88. The van der Waals surface area contributed by atoms with Gasteiger partial charge in [-0.25, -0.2) is 9.97 Å². The van der Waals surface area contributed by atoms with Crippen molar-refractivity contribution < 1.29 is 4.74 Å². The Bertz CT molecular complexity index is 523. The monoisotopic (exact) mass is 247 g/mol. The normalized spacial score (nSPS) is 10.6. The Kier molecular flexibility index (Phi) is 3.88. The zero-order valence-corrected chi connectivity index (χ0v) is 10.8. The molecule has 0 aliphatic carbocycles. The molecule has 0 saturated carbocycles. The van der Waals surface area contributed by atoms with E-state index in [0.717, 1.165) is 17.0 Å². The van der Waals surface area contributed by atoms with Crippen molar-refractivity contribution in [2.45, 2.75) is 6.92 Å². The van der Waals surface area contributed by atoms with Crippen LogP contribution in [0.15, 0.2) is 18.5 Å². The Morgan fingerprint density at radius 2 is 2.28 bits per heavy atom. The first-order valence-electron chi connectivity index (χ1n) is 5.77. The van der Waals surface area contributed by atoms with E-state index in [1.165, 1.54) is 0 Å². The van der Waals surface area contributed by atoms with E-state index in [1.54, 1.807) is 18.0 Å². The molecule has 2 aromatic rings. The van der Waals surface area contributed by atoms with E-state index in [1.807, 2.05) is 26.2 Å². The quantitative estimate of drug-likeness (QED) is 0.805. The van der Waals surface area contributed by atoms with Crippen LogP contribution in [0.2, 0.25) is 0 Å². The largest absolute Gasteiger partial charge is 0.383 e. The standard InChI is InChI=1S/C12H17N5O/c1-9-10(8-17(2)16-9)11-4-5-13-12(15-11)14-6-7-18-3/h4-5,8H,6-7H2,1-3H3,(H,13,14,15). The number of methoxy groups -OCH3 is 1. The number of aryl methyl sites for hydroxylation is 2. The maximum Gasteiger partial charge on any atom is 0.223 e. The molecule has 0 fully saturated rings. The van der Waals surface area contributed by atoms with Gasteiger partial charge in [-0.1, -0.05) is 0 Å². The Morgan fingerprint density at radius 1 is 1.44 bits per heavy atom. The summed E-state index contributed by atoms with van der Waals surface area (Å²) < 4.78 is 6.75. The van der Waals surface area contributed by atoms with Gasteiger partial charge in [0.25, 0.3) is 0 Å². The predicted molar refractivity (Wildman–Crippen MR) is 69.3 cm³/mol. The van der Waals surface area contributed by atoms with Gasteiger partial charge in [0.1, 0.15) is 0 Å². The van der Waals surface area contributed by atoms with Crippen molar-refractivity contribution in [1.82, 2.24) is 19.7 Å². The van der Waals surface area contributed by atoms with Gasteiger partial charge in [-0.3, -0.25) is 4.68 Å². The molecule has 0 radical (unpaired) electrons. The van der Waals surface area contributed by atoms with Gasteiger partial charge in [0, 0.05) is 38.7 Å². The fourth-order valence-corrected chi connectivity index (χ4v) is 1.71. The van der Waals surface area contributed by atoms with Crippen LogP contribution in [0.25, 0.3) is 11.3 Å². The SMILES string of the molecule is COCCNc1nccc(-c2cn(C)nc2C)n1. The number of nitrogens with zero attached hydrogens (tertiary/aromatic N) is 4. The van der Waals surface area contributed by atoms with Crippen LogP contribution in [-0.4, -0.2) is 40.0 Å². The second-order valence-corrected chi connectivity index (χ2v) is 3.99. The van der Waals surface area contributed by atoms with E-state index in [0.29, 0.717) is 19.1 Å². The van der Waals surface area contributed by atoms with Crippen molar-refractivity contribution in [1.29, 1.82) is 0 Å². The van der Waals surface area contributed by atoms with E-state index in [-0.39, 0.29) is 0 Å². The van der Waals surface area contributed by atoms with E-state index >= 15 is 0 Å². The summed E-state index contributed by atoms with van der Waals surface area (Å²) in [4.78, 5) is 8.63. The summed E-state index contributed by atoms with van der Waals surface area (Å²) in [5, 5.41) is 7.42. The number of hydrogen-bond donors (Lipinski definition) is 1. The van der Waals surface area contributed by atoms with Gasteiger partial charge < -0.3 is 10.1 Å². The summed E-state index contributed by atoms with van der Waals surface area (Å²) in [5.74, 6) is 0.604. The average molecular weight is 247 g/mol. The summed E-state index contributed by atoms with van der Waals surface area (Å²) in [6.45, 7) is 3.28. The van der Waals surface area contributed by atoms with E-state index < -0.39 is 0 Å². The minimum Gasteiger partial charge on any atom is -0.383 e. The third kappa shape index (κ3) is 2.84. The smallest absolute Gasteiger partial charge is 0.223 e. The zero-order valence-electron chi connectivity index (χ0n) is 10.8. The molecule has 96 valence electrons. The lowest BCUT2D eigenvalue weighted by atomic mass is 10.2. The van der Waals surface area contributed by atoms with Gasteiger partial charge >= 0.3 is 0 Å². The second kappa shape index (κ2) is 5.59. The maximum absolute atomic E-state index is 4.97. The Balaban J connectivity index is 2.19. The van der Waals surface area contributed by atoms with Crippen LogP contribution < -0.4 is 5.32 Å². The molecule has 0 saturated heterocycles. The molecule has 6 heteroatoms. The number of nitrogens with one attached hydrogen (secondary N) is 1. The summed E-state index contributed by atoms with van der Waals surface area (Å²) in [7, 11) is 3.56. The molecule has 1 N–H and O–H groups in total. The van der Waals surface area contributed by atoms with Crippen molar-refractivity contribution in [3.63, 3.8) is 0 Å². The van der Waals surface area contributed by atoms with Crippen LogP contribution in [0.1, 0.15) is 5.69 Å². The molecule has 2 rings (SSSR count). The van der Waals surface area contributed by atoms with Gasteiger partial charge in [0.2, 0.25) is 5.95 Å². The van der Waals surface area contributed by atoms with Crippen LogP contribution in [0, 0.1) is 6.92 Å². The van der Waals surface area contributed by atoms with E-state index in [4.69, 9.17) is 4.74 Å². The average Bonchev–Trinajstić information content (AvgIpc) is 2.69. The zero-order chi connectivity index (χ0) is 13.0. The highest BCUT2D eigenvalue weighted by Gasteiger charge is 2.08. The van der Waals surface area contributed by atoms with Crippen molar-refractivity contribution in [3.8, 4) is 11.3 Å². The molecule has 2 heterocycles. The van der Waals surface area contributed by atoms with Gasteiger partial charge in [-0.2, -0.15) is 5.10 Å². The lowest BCUT2D eigenvalue weighted by Crippen LogP contribution is -2.10. The van der Waals surface area contributed by atoms with Gasteiger partial charge in [0.15, 0.2) is 0 Å². The number of ether oxygens (including phenoxy) is 1. The first-order chi connectivity index (χ1) is 8.70. The van der Waals surface area contributed by atoms with Crippen molar-refractivity contribution in [2.75, 3.05) is 25.6 Å². The highest BCUT2D eigenvalue weighted by Crippen LogP contribution is 2.20. The molecule has 0 amide bonds. The Labute approximate surface area is 106 Å². The molecule has 2 aromatic heterocycles. The topological polar surface area (TPSA) is 64.9 Å². The fourth-order valence-electron chi connectivity index (χ4n) is 1.71. The molecule has 18 heavy (non-hydrogen) atoms. The number of aromatic nitrogens is 4. The van der Waals surface area contributed by atoms with Crippen molar-refractivity contribution >= 4 is 5.95 Å². The van der Waals surface area contributed by atoms with Gasteiger partial charge in [-0.05, 0) is 13.0 Å². The van der Waals surface area contributed by atoms with Crippen LogP contribution in [0.3, 0.4) is 0 Å². The highest BCUT2D eigenvalue weighted by molar-refractivity contribution is 5.61. The summed E-state index contributed by atoms with van der Waals surface area (Å²) in [6.07, 6.45) is 3.69. The molecule has 6 nitrogen and oxygen atoms in total. The van der Waals surface area contributed by atoms with Crippen molar-refractivity contribution in [2.24, 2.45) is 7.05 Å². The molecule has 0 bridgehead atoms. The van der Waals surface area contributed by atoms with E-state index in [2.05, 4.69) is 20.4 Å². The van der Waals surface area contributed by atoms with Crippen LogP contribution >= 0.6 is 0 Å². The first kappa shape index (κ1) is 12.5. The number of rotatable bonds is 5. The Morgan fingerprint density at radius 3 is 2.94 bits per heavy atom.